The Kier molecular flexibility index (Phi) is 11.2. The van der Waals surface area contributed by atoms with Crippen molar-refractivity contribution in [3.05, 3.63) is 72.1 Å². The normalized spacial score (nSPS) is 25.3. The second-order valence-electron chi connectivity index (χ2n) is 18.1. The smallest absolute Gasteiger partial charge is 0.290 e. The van der Waals surface area contributed by atoms with E-state index in [0.29, 0.717) is 72.5 Å². The molecule has 2 aliphatic carbocycles. The van der Waals surface area contributed by atoms with Gasteiger partial charge in [-0.2, -0.15) is 0 Å². The minimum atomic E-state index is -3.15. The van der Waals surface area contributed by atoms with Crippen molar-refractivity contribution in [2.24, 2.45) is 0 Å². The molecule has 2 saturated carbocycles. The number of hydrogen-bond donors (Lipinski definition) is 5. The highest BCUT2D eigenvalue weighted by molar-refractivity contribution is 5.68. The highest BCUT2D eigenvalue weighted by Gasteiger charge is 2.45. The maximum absolute atomic E-state index is 14.2. The summed E-state index contributed by atoms with van der Waals surface area (Å²) in [6.45, 7) is 5.54. The Morgan fingerprint density at radius 3 is 1.82 bits per heavy atom. The van der Waals surface area contributed by atoms with E-state index in [1.165, 1.54) is 36.8 Å². The van der Waals surface area contributed by atoms with Gasteiger partial charge in [0.25, 0.3) is 11.8 Å². The minimum Gasteiger partial charge on any atom is -0.387 e. The SMILES string of the molecule is FC1(F)CCCN(c2cc(N3CCNCC3)cc(Nc3ccc(C4CC4)cn3)n2)C1.OC1CCN(c2cc(N3CC4CC3CN4)cc(Nc3ccc(C4CC4)cn3)n2)CC1(F)F. The zero-order valence-electron chi connectivity index (χ0n) is 34.9. The Hall–Kier alpha value is -5.00. The van der Waals surface area contributed by atoms with Crippen LogP contribution in [0.2, 0.25) is 0 Å². The molecule has 9 heterocycles. The molecule has 11 rings (SSSR count). The molecule has 3 unspecified atom stereocenters. The van der Waals surface area contributed by atoms with Crippen molar-refractivity contribution < 1.29 is 22.7 Å². The predicted molar refractivity (Wildman–Crippen MR) is 234 cm³/mol. The van der Waals surface area contributed by atoms with Gasteiger partial charge in [-0.1, -0.05) is 12.1 Å². The number of nitrogens with one attached hydrogen (secondary N) is 4. The number of fused-ring (bicyclic) bond motifs is 2. The molecule has 5 aliphatic heterocycles. The number of aromatic nitrogens is 4. The van der Waals surface area contributed by atoms with Crippen LogP contribution < -0.4 is 40.9 Å². The zero-order chi connectivity index (χ0) is 42.4. The molecule has 13 nitrogen and oxygen atoms in total. The summed E-state index contributed by atoms with van der Waals surface area (Å²) < 4.78 is 56.6. The van der Waals surface area contributed by atoms with Crippen LogP contribution in [0.5, 0.6) is 0 Å². The molecule has 3 atom stereocenters. The Morgan fingerprint density at radius 1 is 0.677 bits per heavy atom. The number of aliphatic hydroxyl groups excluding tert-OH is 1. The van der Waals surface area contributed by atoms with Crippen molar-refractivity contribution >= 4 is 46.3 Å². The summed E-state index contributed by atoms with van der Waals surface area (Å²) in [7, 11) is 0. The summed E-state index contributed by atoms with van der Waals surface area (Å²) in [5.41, 5.74) is 4.52. The number of aliphatic hydroxyl groups is 1. The van der Waals surface area contributed by atoms with Gasteiger partial charge in [0.2, 0.25) is 0 Å². The molecule has 0 spiro atoms. The van der Waals surface area contributed by atoms with Gasteiger partial charge in [-0.3, -0.25) is 0 Å². The molecule has 7 aliphatic rings. The van der Waals surface area contributed by atoms with Gasteiger partial charge in [0.1, 0.15) is 41.0 Å². The lowest BCUT2D eigenvalue weighted by molar-refractivity contribution is -0.113. The summed E-state index contributed by atoms with van der Waals surface area (Å²) in [4.78, 5) is 26.3. The van der Waals surface area contributed by atoms with E-state index in [4.69, 9.17) is 0 Å². The molecule has 62 heavy (non-hydrogen) atoms. The fraction of sp³-hybridized carbons (Fsp3) is 0.556. The third kappa shape index (κ3) is 9.49. The van der Waals surface area contributed by atoms with Crippen molar-refractivity contribution in [1.29, 1.82) is 0 Å². The quantitative estimate of drug-likeness (QED) is 0.110. The van der Waals surface area contributed by atoms with Gasteiger partial charge in [0.05, 0.1) is 13.1 Å². The van der Waals surface area contributed by atoms with Gasteiger partial charge < -0.3 is 46.0 Å². The van der Waals surface area contributed by atoms with E-state index in [2.05, 4.69) is 63.1 Å². The van der Waals surface area contributed by atoms with Crippen molar-refractivity contribution in [2.75, 3.05) is 95.7 Å². The van der Waals surface area contributed by atoms with Crippen molar-refractivity contribution in [1.82, 2.24) is 30.6 Å². The lowest BCUT2D eigenvalue weighted by Gasteiger charge is -2.37. The van der Waals surface area contributed by atoms with Crippen LogP contribution in [0.3, 0.4) is 0 Å². The predicted octanol–water partition coefficient (Wildman–Crippen LogP) is 6.60. The second-order valence-corrected chi connectivity index (χ2v) is 18.1. The van der Waals surface area contributed by atoms with E-state index in [9.17, 15) is 22.7 Å². The second kappa shape index (κ2) is 16.9. The number of nitrogens with zero attached hydrogens (tertiary/aromatic N) is 8. The summed E-state index contributed by atoms with van der Waals surface area (Å²) in [6.07, 6.45) is 8.70. The Labute approximate surface area is 359 Å². The average molecular weight is 857 g/mol. The minimum absolute atomic E-state index is 0.0180. The topological polar surface area (TPSA) is 133 Å². The molecule has 4 aromatic heterocycles. The van der Waals surface area contributed by atoms with Crippen LogP contribution in [0.4, 0.5) is 63.8 Å². The molecule has 0 amide bonds. The number of anilines is 8. The summed E-state index contributed by atoms with van der Waals surface area (Å²) in [5, 5.41) is 23.1. The van der Waals surface area contributed by atoms with Crippen molar-refractivity contribution in [3.63, 3.8) is 0 Å². The standard InChI is InChI=1S/C23H28F2N6O.C22H28F2N6/c24-23(25)13-30(6-5-19(23)32)22-9-17(31-12-16-7-18(31)11-26-16)8-21(29-22)28-20-4-3-15(10-27-20)14-1-2-14;23-22(24)6-1-9-30(15-22)21-13-18(29-10-7-25-8-11-29)12-20(28-21)27-19-5-4-17(14-26-19)16-2-3-16/h3-4,8-10,14,16,18-19,26,32H,1-2,5-7,11-13H2,(H,27,28,29);4-5,12-14,16,25H,1-3,6-11,15H2,(H,26,27,28). The molecular weight excluding hydrogens is 801 g/mol. The monoisotopic (exact) mass is 856 g/mol. The summed E-state index contributed by atoms with van der Waals surface area (Å²) >= 11 is 0. The van der Waals surface area contributed by atoms with Crippen LogP contribution in [0.1, 0.15) is 74.3 Å². The lowest BCUT2D eigenvalue weighted by Crippen LogP contribution is -2.52. The molecule has 5 N–H and O–H groups in total. The maximum Gasteiger partial charge on any atom is 0.290 e. The molecule has 4 aromatic rings. The third-order valence-electron chi connectivity index (χ3n) is 13.2. The first-order valence-corrected chi connectivity index (χ1v) is 22.4. The van der Waals surface area contributed by atoms with E-state index in [0.717, 1.165) is 62.9 Å². The number of alkyl halides is 4. The number of rotatable bonds is 10. The first-order valence-electron chi connectivity index (χ1n) is 22.4. The van der Waals surface area contributed by atoms with E-state index < -0.39 is 24.5 Å². The number of piperidine rings is 2. The van der Waals surface area contributed by atoms with Gasteiger partial charge in [0, 0.05) is 119 Å². The van der Waals surface area contributed by atoms with Crippen LogP contribution in [-0.4, -0.2) is 121 Å². The number of piperazine rings is 2. The Bertz CT molecular complexity index is 2180. The van der Waals surface area contributed by atoms with Gasteiger partial charge in [-0.15, -0.1) is 0 Å². The molecule has 2 bridgehead atoms. The van der Waals surface area contributed by atoms with Gasteiger partial charge >= 0.3 is 0 Å². The lowest BCUT2D eigenvalue weighted by atomic mass is 10.0. The first kappa shape index (κ1) is 41.0. The van der Waals surface area contributed by atoms with Crippen molar-refractivity contribution in [2.45, 2.75) is 93.2 Å². The summed E-state index contributed by atoms with van der Waals surface area (Å²) in [5.74, 6) is -0.777. The van der Waals surface area contributed by atoms with Crippen molar-refractivity contribution in [3.8, 4) is 0 Å². The molecular formula is C45H56F4N12O. The molecule has 17 heteroatoms. The van der Waals surface area contributed by atoms with E-state index >= 15 is 0 Å². The van der Waals surface area contributed by atoms with Crippen LogP contribution in [0.15, 0.2) is 60.9 Å². The highest BCUT2D eigenvalue weighted by Crippen LogP contribution is 2.41. The highest BCUT2D eigenvalue weighted by atomic mass is 19.3. The fourth-order valence-corrected chi connectivity index (χ4v) is 9.43. The Balaban J connectivity index is 0.000000148. The largest absolute Gasteiger partial charge is 0.387 e. The molecule has 5 saturated heterocycles. The third-order valence-corrected chi connectivity index (χ3v) is 13.2. The van der Waals surface area contributed by atoms with Gasteiger partial charge in [0.15, 0.2) is 0 Å². The number of halogens is 4. The zero-order valence-corrected chi connectivity index (χ0v) is 34.9. The van der Waals surface area contributed by atoms with Crippen LogP contribution in [0.25, 0.3) is 0 Å². The maximum atomic E-state index is 14.2. The van der Waals surface area contributed by atoms with Gasteiger partial charge in [-0.05, 0) is 80.0 Å². The molecule has 330 valence electrons. The average Bonchev–Trinajstić information content (AvgIpc) is 4.22. The van der Waals surface area contributed by atoms with E-state index in [1.807, 2.05) is 48.8 Å². The molecule has 7 fully saturated rings. The van der Waals surface area contributed by atoms with Crippen LogP contribution in [-0.2, 0) is 0 Å². The van der Waals surface area contributed by atoms with Crippen LogP contribution in [0, 0.1) is 0 Å². The van der Waals surface area contributed by atoms with Gasteiger partial charge in [-0.25, -0.2) is 37.5 Å². The molecule has 0 aromatic carbocycles. The number of pyridine rings is 4. The molecule has 0 radical (unpaired) electrons. The Morgan fingerprint density at radius 2 is 1.29 bits per heavy atom. The van der Waals surface area contributed by atoms with E-state index in [1.54, 1.807) is 9.80 Å². The summed E-state index contributed by atoms with van der Waals surface area (Å²) in [6, 6.07) is 16.8. The van der Waals surface area contributed by atoms with Crippen LogP contribution >= 0.6 is 0 Å². The van der Waals surface area contributed by atoms with E-state index in [-0.39, 0.29) is 19.4 Å². The first-order chi connectivity index (χ1) is 30.0. The fourth-order valence-electron chi connectivity index (χ4n) is 9.43. The number of hydrogen-bond acceptors (Lipinski definition) is 13.